The summed E-state index contributed by atoms with van der Waals surface area (Å²) in [5, 5.41) is 13.7. The number of methoxy groups -OCH3 is 1. The Morgan fingerprint density at radius 3 is 2.64 bits per heavy atom. The van der Waals surface area contributed by atoms with Crippen LogP contribution in [0.4, 0.5) is 5.13 Å². The zero-order valence-electron chi connectivity index (χ0n) is 15.1. The van der Waals surface area contributed by atoms with E-state index < -0.39 is 0 Å². The third kappa shape index (κ3) is 4.97. The normalized spacial score (nSPS) is 16.0. The first kappa shape index (κ1) is 19.6. The van der Waals surface area contributed by atoms with Crippen molar-refractivity contribution in [3.05, 3.63) is 40.4 Å². The molecule has 3 amide bonds. The second-order valence-corrected chi connectivity index (χ2v) is 7.31. The lowest BCUT2D eigenvalue weighted by atomic mass is 9.97. The standard InChI is InChI=1S/C18H18N4O5S/c1-27-15(24)7-6-14-21-22-18(28-14)20-16(25)11-4-2-10(3-5-11)8-12-9-13(23)19-17(12)26/h2-5,12H,6-9H2,1H3,(H,19,23,26)(H,20,22,25). The number of hydrogen-bond donors (Lipinski definition) is 2. The second-order valence-electron chi connectivity index (χ2n) is 6.25. The molecule has 1 aromatic carbocycles. The Morgan fingerprint density at radius 2 is 2.00 bits per heavy atom. The third-order valence-corrected chi connectivity index (χ3v) is 5.12. The smallest absolute Gasteiger partial charge is 0.305 e. The van der Waals surface area contributed by atoms with Gasteiger partial charge in [-0.15, -0.1) is 10.2 Å². The van der Waals surface area contributed by atoms with Gasteiger partial charge >= 0.3 is 5.97 Å². The van der Waals surface area contributed by atoms with E-state index in [0.717, 1.165) is 5.56 Å². The highest BCUT2D eigenvalue weighted by Crippen LogP contribution is 2.20. The average molecular weight is 402 g/mol. The highest BCUT2D eigenvalue weighted by molar-refractivity contribution is 7.15. The van der Waals surface area contributed by atoms with Gasteiger partial charge in [0.1, 0.15) is 5.01 Å². The second kappa shape index (κ2) is 8.70. The predicted molar refractivity (Wildman–Crippen MR) is 99.6 cm³/mol. The van der Waals surface area contributed by atoms with E-state index in [0.29, 0.717) is 28.5 Å². The molecular weight excluding hydrogens is 384 g/mol. The molecule has 28 heavy (non-hydrogen) atoms. The van der Waals surface area contributed by atoms with Crippen LogP contribution in [-0.2, 0) is 32.0 Å². The molecule has 1 aromatic heterocycles. The fourth-order valence-corrected chi connectivity index (χ4v) is 3.47. The number of rotatable bonds is 7. The van der Waals surface area contributed by atoms with Crippen molar-refractivity contribution in [1.29, 1.82) is 0 Å². The molecule has 1 unspecified atom stereocenters. The Morgan fingerprint density at radius 1 is 1.25 bits per heavy atom. The number of ether oxygens (including phenoxy) is 1. The van der Waals surface area contributed by atoms with Crippen molar-refractivity contribution >= 4 is 40.2 Å². The molecule has 2 N–H and O–H groups in total. The topological polar surface area (TPSA) is 127 Å². The van der Waals surface area contributed by atoms with Crippen LogP contribution in [0.1, 0.15) is 33.8 Å². The van der Waals surface area contributed by atoms with Gasteiger partial charge in [0.25, 0.3) is 5.91 Å². The summed E-state index contributed by atoms with van der Waals surface area (Å²) in [6.45, 7) is 0. The SMILES string of the molecule is COC(=O)CCc1nnc(NC(=O)c2ccc(CC3CC(=O)NC3=O)cc2)s1. The minimum Gasteiger partial charge on any atom is -0.469 e. The number of esters is 1. The zero-order chi connectivity index (χ0) is 20.1. The Kier molecular flexibility index (Phi) is 6.09. The monoisotopic (exact) mass is 402 g/mol. The largest absolute Gasteiger partial charge is 0.469 e. The van der Waals surface area contributed by atoms with Gasteiger partial charge in [-0.05, 0) is 24.1 Å². The van der Waals surface area contributed by atoms with E-state index in [4.69, 9.17) is 0 Å². The van der Waals surface area contributed by atoms with E-state index in [9.17, 15) is 19.2 Å². The first-order valence-corrected chi connectivity index (χ1v) is 9.39. The molecule has 1 atom stereocenters. The number of benzene rings is 1. The van der Waals surface area contributed by atoms with Crippen LogP contribution in [0.25, 0.3) is 0 Å². The number of carbonyl (C=O) groups excluding carboxylic acids is 4. The zero-order valence-corrected chi connectivity index (χ0v) is 15.9. The first-order chi connectivity index (χ1) is 13.4. The van der Waals surface area contributed by atoms with Crippen LogP contribution in [0.2, 0.25) is 0 Å². The van der Waals surface area contributed by atoms with Crippen molar-refractivity contribution < 1.29 is 23.9 Å². The van der Waals surface area contributed by atoms with Gasteiger partial charge in [-0.3, -0.25) is 29.8 Å². The van der Waals surface area contributed by atoms with Crippen molar-refractivity contribution in [1.82, 2.24) is 15.5 Å². The predicted octanol–water partition coefficient (Wildman–Crippen LogP) is 1.10. The molecular formula is C18H18N4O5S. The number of imide groups is 1. The molecule has 146 valence electrons. The minimum absolute atomic E-state index is 0.191. The fraction of sp³-hybridized carbons (Fsp3) is 0.333. The number of amides is 3. The van der Waals surface area contributed by atoms with Crippen molar-refractivity contribution in [3.63, 3.8) is 0 Å². The van der Waals surface area contributed by atoms with Crippen LogP contribution < -0.4 is 10.6 Å². The summed E-state index contributed by atoms with van der Waals surface area (Å²) in [5.41, 5.74) is 1.30. The summed E-state index contributed by atoms with van der Waals surface area (Å²) >= 11 is 1.19. The van der Waals surface area contributed by atoms with Crippen LogP contribution in [-0.4, -0.2) is 41.0 Å². The molecule has 3 rings (SSSR count). The van der Waals surface area contributed by atoms with Gasteiger partial charge in [-0.2, -0.15) is 0 Å². The van der Waals surface area contributed by atoms with Crippen molar-refractivity contribution in [2.45, 2.75) is 25.7 Å². The highest BCUT2D eigenvalue weighted by Gasteiger charge is 2.30. The van der Waals surface area contributed by atoms with Crippen LogP contribution in [0.15, 0.2) is 24.3 Å². The Hall–Kier alpha value is -3.14. The maximum absolute atomic E-state index is 12.3. The van der Waals surface area contributed by atoms with E-state index in [1.165, 1.54) is 18.4 Å². The van der Waals surface area contributed by atoms with Crippen LogP contribution in [0.5, 0.6) is 0 Å². The molecule has 0 saturated carbocycles. The summed E-state index contributed by atoms with van der Waals surface area (Å²) in [7, 11) is 1.32. The molecule has 10 heteroatoms. The Balaban J connectivity index is 1.55. The quantitative estimate of drug-likeness (QED) is 0.524. The molecule has 1 aliphatic rings. The molecule has 0 radical (unpaired) electrons. The molecule has 0 spiro atoms. The maximum atomic E-state index is 12.3. The summed E-state index contributed by atoms with van der Waals surface area (Å²) in [4.78, 5) is 46.4. The molecule has 1 fully saturated rings. The van der Waals surface area contributed by atoms with Gasteiger partial charge in [-0.1, -0.05) is 23.5 Å². The van der Waals surface area contributed by atoms with Crippen LogP contribution >= 0.6 is 11.3 Å². The van der Waals surface area contributed by atoms with Gasteiger partial charge in [0, 0.05) is 18.4 Å². The lowest BCUT2D eigenvalue weighted by Crippen LogP contribution is -2.22. The third-order valence-electron chi connectivity index (χ3n) is 4.22. The number of nitrogens with one attached hydrogen (secondary N) is 2. The van der Waals surface area contributed by atoms with Gasteiger partial charge in [0.15, 0.2) is 0 Å². The van der Waals surface area contributed by atoms with Crippen LogP contribution in [0, 0.1) is 5.92 Å². The molecule has 0 aliphatic carbocycles. The van der Waals surface area contributed by atoms with E-state index in [2.05, 4.69) is 25.6 Å². The molecule has 1 aliphatic heterocycles. The first-order valence-electron chi connectivity index (χ1n) is 8.58. The average Bonchev–Trinajstić information content (AvgIpc) is 3.25. The van der Waals surface area contributed by atoms with Crippen molar-refractivity contribution in [3.8, 4) is 0 Å². The number of aryl methyl sites for hydroxylation is 1. The number of aromatic nitrogens is 2. The number of hydrogen-bond acceptors (Lipinski definition) is 8. The maximum Gasteiger partial charge on any atom is 0.305 e. The number of carbonyl (C=O) groups is 4. The van der Waals surface area contributed by atoms with Gasteiger partial charge in [0.05, 0.1) is 19.4 Å². The van der Waals surface area contributed by atoms with Crippen molar-refractivity contribution in [2.24, 2.45) is 5.92 Å². The summed E-state index contributed by atoms with van der Waals surface area (Å²) in [6.07, 6.45) is 1.23. The highest BCUT2D eigenvalue weighted by atomic mass is 32.1. The van der Waals surface area contributed by atoms with Gasteiger partial charge in [-0.25, -0.2) is 0 Å². The van der Waals surface area contributed by atoms with Crippen molar-refractivity contribution in [2.75, 3.05) is 12.4 Å². The molecule has 2 heterocycles. The van der Waals surface area contributed by atoms with E-state index in [1.807, 2.05) is 0 Å². The van der Waals surface area contributed by atoms with Gasteiger partial charge < -0.3 is 4.74 Å². The Labute approximate surface area is 164 Å². The van der Waals surface area contributed by atoms with E-state index >= 15 is 0 Å². The van der Waals surface area contributed by atoms with E-state index in [1.54, 1.807) is 24.3 Å². The minimum atomic E-state index is -0.364. The molecule has 0 bridgehead atoms. The summed E-state index contributed by atoms with van der Waals surface area (Å²) < 4.78 is 4.57. The molecule has 2 aromatic rings. The van der Waals surface area contributed by atoms with Gasteiger partial charge in [0.2, 0.25) is 16.9 Å². The summed E-state index contributed by atoms with van der Waals surface area (Å²) in [6, 6.07) is 6.82. The lowest BCUT2D eigenvalue weighted by Gasteiger charge is -2.07. The van der Waals surface area contributed by atoms with Crippen LogP contribution in [0.3, 0.4) is 0 Å². The molecule has 1 saturated heterocycles. The lowest BCUT2D eigenvalue weighted by molar-refractivity contribution is -0.140. The number of nitrogens with zero attached hydrogens (tertiary/aromatic N) is 2. The fourth-order valence-electron chi connectivity index (χ4n) is 2.73. The van der Waals surface area contributed by atoms with E-state index in [-0.39, 0.29) is 42.5 Å². The Bertz CT molecular complexity index is 909. The summed E-state index contributed by atoms with van der Waals surface area (Å²) in [5.74, 6) is -1.55. The number of anilines is 1. The molecule has 9 nitrogen and oxygen atoms in total.